The van der Waals surface area contributed by atoms with Gasteiger partial charge in [0.2, 0.25) is 0 Å². The zero-order valence-electron chi connectivity index (χ0n) is 9.82. The largest absolute Gasteiger partial charge is 0.346 e. The van der Waals surface area contributed by atoms with Crippen LogP contribution in [0, 0.1) is 5.92 Å². The molecule has 0 unspecified atom stereocenters. The van der Waals surface area contributed by atoms with Gasteiger partial charge < -0.3 is 9.88 Å². The van der Waals surface area contributed by atoms with Crippen LogP contribution in [0.2, 0.25) is 0 Å². The van der Waals surface area contributed by atoms with Crippen molar-refractivity contribution in [1.82, 2.24) is 9.88 Å². The van der Waals surface area contributed by atoms with Crippen LogP contribution < -0.4 is 5.32 Å². The van der Waals surface area contributed by atoms with Gasteiger partial charge in [0.05, 0.1) is 0 Å². The molecule has 2 nitrogen and oxygen atoms in total. The summed E-state index contributed by atoms with van der Waals surface area (Å²) < 4.78 is 3.47. The second-order valence-corrected chi connectivity index (χ2v) is 5.78. The van der Waals surface area contributed by atoms with Gasteiger partial charge in [-0.1, -0.05) is 15.9 Å². The van der Waals surface area contributed by atoms with Gasteiger partial charge in [0.15, 0.2) is 0 Å². The van der Waals surface area contributed by atoms with Crippen molar-refractivity contribution in [3.8, 4) is 0 Å². The second kappa shape index (κ2) is 4.83. The van der Waals surface area contributed by atoms with Gasteiger partial charge in [-0.15, -0.1) is 0 Å². The van der Waals surface area contributed by atoms with Gasteiger partial charge in [-0.05, 0) is 49.6 Å². The second-order valence-electron chi connectivity index (χ2n) is 4.86. The van der Waals surface area contributed by atoms with E-state index in [4.69, 9.17) is 0 Å². The van der Waals surface area contributed by atoms with Crippen molar-refractivity contribution in [3.63, 3.8) is 0 Å². The lowest BCUT2D eigenvalue weighted by atomic mass is 10.2. The lowest BCUT2D eigenvalue weighted by Crippen LogP contribution is -2.21. The molecule has 0 bridgehead atoms. The smallest absolute Gasteiger partial charge is 0.0481 e. The molecule has 3 rings (SSSR count). The summed E-state index contributed by atoms with van der Waals surface area (Å²) in [4.78, 5) is 0. The van der Waals surface area contributed by atoms with Crippen molar-refractivity contribution in [1.29, 1.82) is 0 Å². The van der Waals surface area contributed by atoms with Crippen LogP contribution in [0.4, 0.5) is 0 Å². The molecule has 1 aromatic heterocycles. The molecule has 1 aromatic carbocycles. The Morgan fingerprint density at radius 3 is 3.00 bits per heavy atom. The first-order chi connectivity index (χ1) is 8.33. The summed E-state index contributed by atoms with van der Waals surface area (Å²) in [6.07, 6.45) is 5.02. The minimum atomic E-state index is 0.965. The van der Waals surface area contributed by atoms with Gasteiger partial charge in [-0.3, -0.25) is 0 Å². The molecule has 2 aromatic rings. The van der Waals surface area contributed by atoms with Crippen molar-refractivity contribution < 1.29 is 0 Å². The fraction of sp³-hybridized carbons (Fsp3) is 0.429. The Labute approximate surface area is 110 Å². The van der Waals surface area contributed by atoms with E-state index in [1.165, 1.54) is 30.3 Å². The number of hydrogen-bond donors (Lipinski definition) is 1. The highest BCUT2D eigenvalue weighted by Gasteiger charge is 2.19. The van der Waals surface area contributed by atoms with E-state index in [2.05, 4.69) is 56.3 Å². The van der Waals surface area contributed by atoms with Gasteiger partial charge in [0.1, 0.15) is 0 Å². The van der Waals surface area contributed by atoms with E-state index in [9.17, 15) is 0 Å². The monoisotopic (exact) mass is 292 g/mol. The predicted octanol–water partition coefficient (Wildman–Crippen LogP) is 3.40. The van der Waals surface area contributed by atoms with E-state index in [0.29, 0.717) is 0 Å². The Morgan fingerprint density at radius 2 is 2.18 bits per heavy atom. The molecule has 1 N–H and O–H groups in total. The Hall–Kier alpha value is -0.800. The number of fused-ring (bicyclic) bond motifs is 1. The highest BCUT2D eigenvalue weighted by atomic mass is 79.9. The van der Waals surface area contributed by atoms with Crippen LogP contribution in [0.5, 0.6) is 0 Å². The summed E-state index contributed by atoms with van der Waals surface area (Å²) in [6.45, 7) is 3.32. The lowest BCUT2D eigenvalue weighted by Gasteiger charge is -2.06. The molecule has 0 aliphatic heterocycles. The van der Waals surface area contributed by atoms with Crippen LogP contribution in [0.3, 0.4) is 0 Å². The predicted molar refractivity (Wildman–Crippen MR) is 75.2 cm³/mol. The van der Waals surface area contributed by atoms with Crippen LogP contribution in [0.25, 0.3) is 10.9 Å². The van der Waals surface area contributed by atoms with Gasteiger partial charge in [-0.25, -0.2) is 0 Å². The first-order valence-electron chi connectivity index (χ1n) is 6.28. The Morgan fingerprint density at radius 1 is 1.29 bits per heavy atom. The van der Waals surface area contributed by atoms with Gasteiger partial charge >= 0.3 is 0 Å². The summed E-state index contributed by atoms with van der Waals surface area (Å²) >= 11 is 3.51. The molecule has 1 aliphatic carbocycles. The fourth-order valence-corrected chi connectivity index (χ4v) is 2.57. The number of hydrogen-bond acceptors (Lipinski definition) is 1. The quantitative estimate of drug-likeness (QED) is 0.836. The molecule has 0 radical (unpaired) electrons. The Balaban J connectivity index is 1.63. The average molecular weight is 293 g/mol. The van der Waals surface area contributed by atoms with Crippen molar-refractivity contribution in [2.45, 2.75) is 19.4 Å². The van der Waals surface area contributed by atoms with Crippen LogP contribution >= 0.6 is 15.9 Å². The van der Waals surface area contributed by atoms with E-state index in [0.717, 1.165) is 23.5 Å². The van der Waals surface area contributed by atoms with Crippen molar-refractivity contribution in [2.75, 3.05) is 13.1 Å². The number of nitrogens with zero attached hydrogens (tertiary/aromatic N) is 1. The SMILES string of the molecule is Brc1ccc2c(ccn2CCNCC2CC2)c1. The average Bonchev–Trinajstić information content (AvgIpc) is 3.06. The summed E-state index contributed by atoms with van der Waals surface area (Å²) in [5, 5.41) is 4.84. The molecular weight excluding hydrogens is 276 g/mol. The van der Waals surface area contributed by atoms with Crippen molar-refractivity contribution >= 4 is 26.8 Å². The van der Waals surface area contributed by atoms with Crippen LogP contribution in [0.1, 0.15) is 12.8 Å². The standard InChI is InChI=1S/C14H17BrN2/c15-13-3-4-14-12(9-13)5-7-17(14)8-6-16-10-11-1-2-11/h3-5,7,9,11,16H,1-2,6,8,10H2. The topological polar surface area (TPSA) is 17.0 Å². The molecule has 0 spiro atoms. The third-order valence-corrected chi connectivity index (χ3v) is 3.89. The molecule has 1 fully saturated rings. The van der Waals surface area contributed by atoms with Crippen molar-refractivity contribution in [3.05, 3.63) is 34.9 Å². The van der Waals surface area contributed by atoms with Gasteiger partial charge in [0.25, 0.3) is 0 Å². The number of nitrogens with one attached hydrogen (secondary N) is 1. The Kier molecular flexibility index (Phi) is 3.21. The highest BCUT2D eigenvalue weighted by Crippen LogP contribution is 2.27. The van der Waals surface area contributed by atoms with Crippen molar-refractivity contribution in [2.24, 2.45) is 5.92 Å². The number of rotatable bonds is 5. The van der Waals surface area contributed by atoms with Gasteiger partial charge in [-0.2, -0.15) is 0 Å². The molecular formula is C14H17BrN2. The van der Waals surface area contributed by atoms with E-state index in [1.807, 2.05) is 0 Å². The van der Waals surface area contributed by atoms with E-state index < -0.39 is 0 Å². The first-order valence-corrected chi connectivity index (χ1v) is 7.07. The third kappa shape index (κ3) is 2.72. The molecule has 3 heteroatoms. The summed E-state index contributed by atoms with van der Waals surface area (Å²) in [5.41, 5.74) is 1.32. The van der Waals surface area contributed by atoms with Gasteiger partial charge in [0, 0.05) is 34.7 Å². The first kappa shape index (κ1) is 11.3. The minimum Gasteiger partial charge on any atom is -0.346 e. The molecule has 1 heterocycles. The molecule has 0 amide bonds. The maximum atomic E-state index is 3.53. The number of aromatic nitrogens is 1. The van der Waals surface area contributed by atoms with Crippen LogP contribution in [0.15, 0.2) is 34.9 Å². The molecule has 1 saturated carbocycles. The molecule has 1 aliphatic rings. The summed E-state index contributed by atoms with van der Waals surface area (Å²) in [5.74, 6) is 0.965. The molecule has 90 valence electrons. The van der Waals surface area contributed by atoms with Crippen LogP contribution in [-0.2, 0) is 6.54 Å². The zero-order valence-corrected chi connectivity index (χ0v) is 11.4. The zero-order chi connectivity index (χ0) is 11.7. The molecule has 0 atom stereocenters. The fourth-order valence-electron chi connectivity index (χ4n) is 2.19. The maximum absolute atomic E-state index is 3.53. The third-order valence-electron chi connectivity index (χ3n) is 3.39. The molecule has 0 saturated heterocycles. The highest BCUT2D eigenvalue weighted by molar-refractivity contribution is 9.10. The van der Waals surface area contributed by atoms with E-state index in [-0.39, 0.29) is 0 Å². The number of halogens is 1. The lowest BCUT2D eigenvalue weighted by molar-refractivity contribution is 0.584. The molecule has 17 heavy (non-hydrogen) atoms. The number of benzene rings is 1. The van der Waals surface area contributed by atoms with Crippen LogP contribution in [-0.4, -0.2) is 17.7 Å². The normalized spacial score (nSPS) is 15.6. The van der Waals surface area contributed by atoms with E-state index >= 15 is 0 Å². The summed E-state index contributed by atoms with van der Waals surface area (Å²) in [7, 11) is 0. The minimum absolute atomic E-state index is 0.965. The van der Waals surface area contributed by atoms with E-state index in [1.54, 1.807) is 0 Å². The Bertz CT molecular complexity index is 514. The summed E-state index contributed by atoms with van der Waals surface area (Å²) in [6, 6.07) is 8.64. The maximum Gasteiger partial charge on any atom is 0.0481 e.